The van der Waals surface area contributed by atoms with Crippen LogP contribution in [0.5, 0.6) is 0 Å². The van der Waals surface area contributed by atoms with Gasteiger partial charge in [0.1, 0.15) is 12.2 Å². The zero-order valence-corrected chi connectivity index (χ0v) is 18.7. The number of fused-ring (bicyclic) bond motifs is 1. The molecule has 3 aliphatic rings. The van der Waals surface area contributed by atoms with E-state index in [0.717, 1.165) is 37.3 Å². The first-order valence-corrected chi connectivity index (χ1v) is 11.5. The van der Waals surface area contributed by atoms with Crippen molar-refractivity contribution in [2.45, 2.75) is 37.4 Å². The Labute approximate surface area is 199 Å². The third kappa shape index (κ3) is 4.19. The van der Waals surface area contributed by atoms with Crippen LogP contribution < -0.4 is 5.43 Å². The summed E-state index contributed by atoms with van der Waals surface area (Å²) in [4.78, 5) is 14.9. The molecule has 2 aromatic heterocycles. The van der Waals surface area contributed by atoms with Crippen LogP contribution in [0.1, 0.15) is 18.9 Å². The van der Waals surface area contributed by atoms with Crippen molar-refractivity contribution < 1.29 is 18.3 Å². The Morgan fingerprint density at radius 2 is 1.77 bits per heavy atom. The van der Waals surface area contributed by atoms with Gasteiger partial charge in [-0.1, -0.05) is 24.3 Å². The number of nitrogens with zero attached hydrogens (tertiary/aromatic N) is 5. The van der Waals surface area contributed by atoms with Crippen molar-refractivity contribution in [2.75, 3.05) is 13.1 Å². The molecule has 1 aliphatic carbocycles. The maximum absolute atomic E-state index is 13.4. The van der Waals surface area contributed by atoms with Crippen LogP contribution >= 0.6 is 0 Å². The standard InChI is InChI=1S/C25H23F2N5O3/c26-25(27)34-22-7-6-19(16-23(22)35-25)30-13-9-17(10-14-30)31-15-11-21(33)24(29-31)20-8-12-28-32(20)18-4-2-1-3-5-18/h1-8,11-12,15-17,22-23H,9-10,13-14H2. The molecule has 0 bridgehead atoms. The van der Waals surface area contributed by atoms with Gasteiger partial charge >= 0.3 is 6.29 Å². The number of likely N-dealkylation sites (tertiary alicyclic amines) is 1. The fourth-order valence-corrected chi connectivity index (χ4v) is 4.83. The van der Waals surface area contributed by atoms with Crippen molar-refractivity contribution in [1.82, 2.24) is 24.5 Å². The molecule has 2 fully saturated rings. The number of hydrogen-bond donors (Lipinski definition) is 0. The van der Waals surface area contributed by atoms with E-state index < -0.39 is 18.5 Å². The second-order valence-electron chi connectivity index (χ2n) is 8.77. The van der Waals surface area contributed by atoms with Crippen molar-refractivity contribution in [2.24, 2.45) is 0 Å². The van der Waals surface area contributed by atoms with E-state index in [-0.39, 0.29) is 11.5 Å². The molecule has 180 valence electrons. The second kappa shape index (κ2) is 8.54. The van der Waals surface area contributed by atoms with Gasteiger partial charge in [0.25, 0.3) is 0 Å². The molecule has 35 heavy (non-hydrogen) atoms. The molecule has 8 nitrogen and oxygen atoms in total. The smallest absolute Gasteiger partial charge is 0.372 e. The lowest BCUT2D eigenvalue weighted by atomic mass is 10.0. The van der Waals surface area contributed by atoms with Crippen LogP contribution in [-0.2, 0) is 9.47 Å². The van der Waals surface area contributed by atoms with E-state index >= 15 is 0 Å². The van der Waals surface area contributed by atoms with Gasteiger partial charge in [-0.15, -0.1) is 8.78 Å². The van der Waals surface area contributed by atoms with Crippen LogP contribution in [-0.4, -0.2) is 56.1 Å². The van der Waals surface area contributed by atoms with Gasteiger partial charge in [-0.3, -0.25) is 19.0 Å². The number of ether oxygens (including phenoxy) is 2. The van der Waals surface area contributed by atoms with Crippen LogP contribution in [0.3, 0.4) is 0 Å². The van der Waals surface area contributed by atoms with Gasteiger partial charge in [-0.25, -0.2) is 4.68 Å². The SMILES string of the molecule is O=c1ccn(C2CCN(C3=CC4OC(F)(F)OC4C=C3)CC2)nc1-c1ccnn1-c1ccccc1. The summed E-state index contributed by atoms with van der Waals surface area (Å²) in [6, 6.07) is 13.0. The minimum Gasteiger partial charge on any atom is -0.372 e. The molecule has 10 heteroatoms. The number of piperidine rings is 1. The first kappa shape index (κ1) is 21.9. The fourth-order valence-electron chi connectivity index (χ4n) is 4.83. The molecule has 0 amide bonds. The number of allylic oxidation sites excluding steroid dienone is 1. The minimum absolute atomic E-state index is 0.106. The van der Waals surface area contributed by atoms with Gasteiger partial charge in [0.05, 0.1) is 23.6 Å². The Kier molecular flexibility index (Phi) is 5.34. The third-order valence-corrected chi connectivity index (χ3v) is 6.58. The van der Waals surface area contributed by atoms with Crippen molar-refractivity contribution >= 4 is 0 Å². The summed E-state index contributed by atoms with van der Waals surface area (Å²) in [7, 11) is 0. The number of hydrogen-bond acceptors (Lipinski definition) is 6. The summed E-state index contributed by atoms with van der Waals surface area (Å²) >= 11 is 0. The number of benzene rings is 1. The average molecular weight is 479 g/mol. The highest BCUT2D eigenvalue weighted by atomic mass is 19.3. The topological polar surface area (TPSA) is 74.4 Å². The number of halogens is 2. The van der Waals surface area contributed by atoms with Crippen molar-refractivity contribution in [3.63, 3.8) is 0 Å². The monoisotopic (exact) mass is 479 g/mol. The number of para-hydroxylation sites is 1. The Balaban J connectivity index is 1.19. The predicted molar refractivity (Wildman–Crippen MR) is 123 cm³/mol. The van der Waals surface area contributed by atoms with Crippen LogP contribution in [0.15, 0.2) is 83.6 Å². The van der Waals surface area contributed by atoms with Crippen LogP contribution in [0.4, 0.5) is 8.78 Å². The molecule has 0 spiro atoms. The summed E-state index contributed by atoms with van der Waals surface area (Å²) in [5.74, 6) is 0. The van der Waals surface area contributed by atoms with E-state index in [2.05, 4.69) is 14.7 Å². The van der Waals surface area contributed by atoms with Gasteiger partial charge in [-0.2, -0.15) is 10.2 Å². The van der Waals surface area contributed by atoms with Crippen molar-refractivity contribution in [3.05, 3.63) is 89.0 Å². The van der Waals surface area contributed by atoms with Gasteiger partial charge in [-0.05, 0) is 43.2 Å². The number of aromatic nitrogens is 4. The zero-order chi connectivity index (χ0) is 24.0. The van der Waals surface area contributed by atoms with Crippen molar-refractivity contribution in [1.29, 1.82) is 0 Å². The molecule has 6 rings (SSSR count). The van der Waals surface area contributed by atoms with E-state index in [1.807, 2.05) is 41.1 Å². The molecule has 2 atom stereocenters. The maximum Gasteiger partial charge on any atom is 0.486 e. The highest BCUT2D eigenvalue weighted by Gasteiger charge is 2.49. The van der Waals surface area contributed by atoms with Gasteiger partial charge < -0.3 is 4.90 Å². The lowest BCUT2D eigenvalue weighted by molar-refractivity contribution is -0.347. The predicted octanol–water partition coefficient (Wildman–Crippen LogP) is 3.52. The lowest BCUT2D eigenvalue weighted by Crippen LogP contribution is -2.36. The first-order valence-electron chi connectivity index (χ1n) is 11.5. The summed E-state index contributed by atoms with van der Waals surface area (Å²) in [5.41, 5.74) is 2.52. The molecular weight excluding hydrogens is 456 g/mol. The molecule has 1 aromatic carbocycles. The van der Waals surface area contributed by atoms with E-state index in [9.17, 15) is 13.6 Å². The van der Waals surface area contributed by atoms with Gasteiger partial charge in [0.15, 0.2) is 5.69 Å². The first-order chi connectivity index (χ1) is 17.0. The van der Waals surface area contributed by atoms with Crippen LogP contribution in [0.2, 0.25) is 0 Å². The molecule has 4 heterocycles. The average Bonchev–Trinajstić information content (AvgIpc) is 3.47. The summed E-state index contributed by atoms with van der Waals surface area (Å²) in [6.07, 6.45) is 5.00. The second-order valence-corrected chi connectivity index (χ2v) is 8.77. The maximum atomic E-state index is 13.4. The number of rotatable bonds is 4. The Morgan fingerprint density at radius 1 is 1.00 bits per heavy atom. The van der Waals surface area contributed by atoms with Crippen molar-refractivity contribution in [3.8, 4) is 17.1 Å². The molecule has 0 N–H and O–H groups in total. The lowest BCUT2D eigenvalue weighted by Gasteiger charge is -2.36. The quantitative estimate of drug-likeness (QED) is 0.570. The Bertz CT molecular complexity index is 1340. The molecule has 0 saturated carbocycles. The molecule has 2 aliphatic heterocycles. The molecular formula is C25H23F2N5O3. The molecule has 2 unspecified atom stereocenters. The van der Waals surface area contributed by atoms with Gasteiger partial charge in [0.2, 0.25) is 5.43 Å². The normalized spacial score (nSPS) is 23.8. The largest absolute Gasteiger partial charge is 0.486 e. The Hall–Kier alpha value is -3.63. The summed E-state index contributed by atoms with van der Waals surface area (Å²) < 4.78 is 39.6. The highest BCUT2D eigenvalue weighted by molar-refractivity contribution is 5.56. The third-order valence-electron chi connectivity index (χ3n) is 6.58. The zero-order valence-electron chi connectivity index (χ0n) is 18.7. The summed E-state index contributed by atoms with van der Waals surface area (Å²) in [5, 5.41) is 9.08. The van der Waals surface area contributed by atoms with E-state index in [1.54, 1.807) is 41.4 Å². The van der Waals surface area contributed by atoms with Gasteiger partial charge in [0, 0.05) is 31.0 Å². The fraction of sp³-hybridized carbons (Fsp3) is 0.320. The summed E-state index contributed by atoms with van der Waals surface area (Å²) in [6.45, 7) is 1.45. The molecule has 0 radical (unpaired) electrons. The van der Waals surface area contributed by atoms with E-state index in [4.69, 9.17) is 9.84 Å². The van der Waals surface area contributed by atoms with E-state index in [1.165, 1.54) is 0 Å². The van der Waals surface area contributed by atoms with E-state index in [0.29, 0.717) is 11.4 Å². The number of alkyl halides is 2. The van der Waals surface area contributed by atoms with Crippen LogP contribution in [0, 0.1) is 0 Å². The minimum atomic E-state index is -3.55. The molecule has 3 aromatic rings. The van der Waals surface area contributed by atoms with Crippen LogP contribution in [0.25, 0.3) is 17.1 Å². The molecule has 2 saturated heterocycles. The highest BCUT2D eigenvalue weighted by Crippen LogP contribution is 2.36. The Morgan fingerprint density at radius 3 is 2.57 bits per heavy atom.